The number of carbonyl (C=O) groups is 1. The van der Waals surface area contributed by atoms with E-state index in [1.165, 1.54) is 6.07 Å². The predicted octanol–water partition coefficient (Wildman–Crippen LogP) is 1.38. The highest BCUT2D eigenvalue weighted by atomic mass is 19.1. The molecule has 0 N–H and O–H groups in total. The van der Waals surface area contributed by atoms with Gasteiger partial charge >= 0.3 is 0 Å². The van der Waals surface area contributed by atoms with Crippen molar-refractivity contribution in [2.45, 2.75) is 20.4 Å². The van der Waals surface area contributed by atoms with Gasteiger partial charge < -0.3 is 4.90 Å². The van der Waals surface area contributed by atoms with Crippen LogP contribution in [0.4, 0.5) is 4.39 Å². The van der Waals surface area contributed by atoms with Gasteiger partial charge in [-0.25, -0.2) is 9.07 Å². The summed E-state index contributed by atoms with van der Waals surface area (Å²) in [6.45, 7) is 7.14. The van der Waals surface area contributed by atoms with Gasteiger partial charge in [0, 0.05) is 45.2 Å². The molecule has 23 heavy (non-hydrogen) atoms. The number of aromatic nitrogens is 3. The molecule has 6 nitrogen and oxygen atoms in total. The summed E-state index contributed by atoms with van der Waals surface area (Å²) in [4.78, 5) is 15.4. The quantitative estimate of drug-likeness (QED) is 0.858. The average molecular weight is 317 g/mol. The van der Waals surface area contributed by atoms with Crippen LogP contribution >= 0.6 is 0 Å². The molecule has 2 aromatic rings. The molecule has 1 aliphatic rings. The van der Waals surface area contributed by atoms with Crippen molar-refractivity contribution in [2.75, 3.05) is 26.2 Å². The Morgan fingerprint density at radius 3 is 2.70 bits per heavy atom. The second-order valence-corrected chi connectivity index (χ2v) is 5.82. The maximum Gasteiger partial charge on any atom is 0.219 e. The van der Waals surface area contributed by atoms with Crippen LogP contribution in [-0.4, -0.2) is 56.9 Å². The molecule has 1 aromatic heterocycles. The summed E-state index contributed by atoms with van der Waals surface area (Å²) in [5.74, 6) is -0.128. The van der Waals surface area contributed by atoms with Crippen LogP contribution < -0.4 is 0 Å². The van der Waals surface area contributed by atoms with Gasteiger partial charge in [0.1, 0.15) is 5.82 Å². The van der Waals surface area contributed by atoms with E-state index in [0.29, 0.717) is 17.8 Å². The molecule has 1 aromatic carbocycles. The third kappa shape index (κ3) is 3.39. The minimum Gasteiger partial charge on any atom is -0.340 e. The predicted molar refractivity (Wildman–Crippen MR) is 83.6 cm³/mol. The summed E-state index contributed by atoms with van der Waals surface area (Å²) in [7, 11) is 0. The fourth-order valence-corrected chi connectivity index (χ4v) is 2.78. The lowest BCUT2D eigenvalue weighted by molar-refractivity contribution is -0.130. The summed E-state index contributed by atoms with van der Waals surface area (Å²) >= 11 is 0. The standard InChI is InChI=1S/C16H20FN5O/c1-12-15(17)4-3-5-16(12)22-11-14(18-19-22)10-20-6-8-21(9-7-20)13(2)23/h3-5,11H,6-10H2,1-2H3. The molecule has 0 saturated carbocycles. The van der Waals surface area contributed by atoms with E-state index in [-0.39, 0.29) is 11.7 Å². The van der Waals surface area contributed by atoms with Gasteiger partial charge in [-0.15, -0.1) is 5.10 Å². The van der Waals surface area contributed by atoms with Crippen LogP contribution in [0.2, 0.25) is 0 Å². The highest BCUT2D eigenvalue weighted by Gasteiger charge is 2.19. The number of rotatable bonds is 3. The molecule has 122 valence electrons. The number of piperazine rings is 1. The van der Waals surface area contributed by atoms with Crippen molar-refractivity contribution in [1.29, 1.82) is 0 Å². The van der Waals surface area contributed by atoms with Crippen molar-refractivity contribution in [3.05, 3.63) is 41.5 Å². The Hall–Kier alpha value is -2.28. The molecule has 0 unspecified atom stereocenters. The number of amides is 1. The number of hydrogen-bond acceptors (Lipinski definition) is 4. The van der Waals surface area contributed by atoms with Gasteiger partial charge in [-0.05, 0) is 19.1 Å². The Labute approximate surface area is 134 Å². The van der Waals surface area contributed by atoms with Crippen LogP contribution in [-0.2, 0) is 11.3 Å². The average Bonchev–Trinajstić information content (AvgIpc) is 2.99. The monoisotopic (exact) mass is 317 g/mol. The molecule has 2 heterocycles. The van der Waals surface area contributed by atoms with Crippen LogP contribution in [0.5, 0.6) is 0 Å². The number of carbonyl (C=O) groups excluding carboxylic acids is 1. The van der Waals surface area contributed by atoms with Crippen molar-refractivity contribution < 1.29 is 9.18 Å². The number of hydrogen-bond donors (Lipinski definition) is 0. The topological polar surface area (TPSA) is 54.3 Å². The molecule has 7 heteroatoms. The van der Waals surface area contributed by atoms with E-state index in [1.807, 2.05) is 17.2 Å². The molecule has 0 atom stereocenters. The van der Waals surface area contributed by atoms with Gasteiger partial charge in [0.2, 0.25) is 5.91 Å². The fourth-order valence-electron chi connectivity index (χ4n) is 2.78. The lowest BCUT2D eigenvalue weighted by atomic mass is 10.2. The van der Waals surface area contributed by atoms with Gasteiger partial charge in [0.25, 0.3) is 0 Å². The van der Waals surface area contributed by atoms with E-state index in [4.69, 9.17) is 0 Å². The van der Waals surface area contributed by atoms with E-state index >= 15 is 0 Å². The summed E-state index contributed by atoms with van der Waals surface area (Å²) in [6, 6.07) is 4.92. The zero-order valence-corrected chi connectivity index (χ0v) is 13.4. The van der Waals surface area contributed by atoms with Crippen LogP contribution in [0.25, 0.3) is 5.69 Å². The Bertz CT molecular complexity index is 706. The van der Waals surface area contributed by atoms with E-state index in [0.717, 1.165) is 31.9 Å². The van der Waals surface area contributed by atoms with Crippen molar-refractivity contribution in [3.8, 4) is 5.69 Å². The lowest BCUT2D eigenvalue weighted by Crippen LogP contribution is -2.47. The third-order valence-electron chi connectivity index (χ3n) is 4.23. The van der Waals surface area contributed by atoms with Gasteiger partial charge in [-0.2, -0.15) is 0 Å². The van der Waals surface area contributed by atoms with E-state index in [1.54, 1.807) is 24.6 Å². The number of nitrogens with zero attached hydrogens (tertiary/aromatic N) is 5. The van der Waals surface area contributed by atoms with Gasteiger partial charge in [0.05, 0.1) is 17.6 Å². The molecule has 3 rings (SSSR count). The minimum atomic E-state index is -0.250. The molecular weight excluding hydrogens is 297 g/mol. The summed E-state index contributed by atoms with van der Waals surface area (Å²) in [5.41, 5.74) is 2.09. The van der Waals surface area contributed by atoms with Gasteiger partial charge in [-0.1, -0.05) is 11.3 Å². The number of benzene rings is 1. The first-order chi connectivity index (χ1) is 11.0. The summed E-state index contributed by atoms with van der Waals surface area (Å²) in [6.07, 6.45) is 1.83. The van der Waals surface area contributed by atoms with E-state index < -0.39 is 0 Å². The first kappa shape index (κ1) is 15.6. The molecule has 1 saturated heterocycles. The second-order valence-electron chi connectivity index (χ2n) is 5.82. The maximum absolute atomic E-state index is 13.6. The third-order valence-corrected chi connectivity index (χ3v) is 4.23. The minimum absolute atomic E-state index is 0.122. The Balaban J connectivity index is 1.66. The van der Waals surface area contributed by atoms with Gasteiger partial charge in [-0.3, -0.25) is 9.69 Å². The fraction of sp³-hybridized carbons (Fsp3) is 0.438. The van der Waals surface area contributed by atoms with Gasteiger partial charge in [0.15, 0.2) is 0 Å². The molecule has 1 fully saturated rings. The van der Waals surface area contributed by atoms with Crippen LogP contribution in [0, 0.1) is 12.7 Å². The van der Waals surface area contributed by atoms with Crippen molar-refractivity contribution in [2.24, 2.45) is 0 Å². The normalized spacial score (nSPS) is 15.9. The molecule has 0 bridgehead atoms. The van der Waals surface area contributed by atoms with Crippen molar-refractivity contribution >= 4 is 5.91 Å². The maximum atomic E-state index is 13.6. The smallest absolute Gasteiger partial charge is 0.219 e. The molecule has 0 aliphatic carbocycles. The Morgan fingerprint density at radius 1 is 1.26 bits per heavy atom. The lowest BCUT2D eigenvalue weighted by Gasteiger charge is -2.33. The van der Waals surface area contributed by atoms with Crippen molar-refractivity contribution in [3.63, 3.8) is 0 Å². The molecule has 1 aliphatic heterocycles. The second kappa shape index (κ2) is 6.45. The summed E-state index contributed by atoms with van der Waals surface area (Å²) < 4.78 is 15.3. The Morgan fingerprint density at radius 2 is 2.00 bits per heavy atom. The SMILES string of the molecule is CC(=O)N1CCN(Cc2cn(-c3cccc(F)c3C)nn2)CC1. The molecule has 0 spiro atoms. The van der Waals surface area contributed by atoms with E-state index in [9.17, 15) is 9.18 Å². The zero-order valence-electron chi connectivity index (χ0n) is 13.4. The molecule has 1 amide bonds. The zero-order chi connectivity index (χ0) is 16.4. The number of halogens is 1. The molecular formula is C16H20FN5O. The van der Waals surface area contributed by atoms with Crippen LogP contribution in [0.3, 0.4) is 0 Å². The van der Waals surface area contributed by atoms with Crippen LogP contribution in [0.1, 0.15) is 18.2 Å². The largest absolute Gasteiger partial charge is 0.340 e. The highest BCUT2D eigenvalue weighted by Crippen LogP contribution is 2.16. The highest BCUT2D eigenvalue weighted by molar-refractivity contribution is 5.73. The van der Waals surface area contributed by atoms with E-state index in [2.05, 4.69) is 15.2 Å². The van der Waals surface area contributed by atoms with Crippen LogP contribution in [0.15, 0.2) is 24.4 Å². The first-order valence-electron chi connectivity index (χ1n) is 7.69. The first-order valence-corrected chi connectivity index (χ1v) is 7.69. The summed E-state index contributed by atoms with van der Waals surface area (Å²) in [5, 5.41) is 8.29. The Kier molecular flexibility index (Phi) is 4.38. The van der Waals surface area contributed by atoms with Crippen molar-refractivity contribution in [1.82, 2.24) is 24.8 Å². The molecule has 0 radical (unpaired) electrons.